The average Bonchev–Trinajstić information content (AvgIpc) is 2.20. The van der Waals surface area contributed by atoms with Gasteiger partial charge in [0.15, 0.2) is 0 Å². The maximum Gasteiger partial charge on any atom is 0.0405 e. The van der Waals surface area contributed by atoms with Crippen molar-refractivity contribution in [3.63, 3.8) is 0 Å². The molecule has 0 unspecified atom stereocenters. The van der Waals surface area contributed by atoms with Gasteiger partial charge in [0.2, 0.25) is 0 Å². The highest BCUT2D eigenvalue weighted by Gasteiger charge is 2.23. The summed E-state index contributed by atoms with van der Waals surface area (Å²) in [6.45, 7) is 5.50. The Hall–Kier alpha value is 0.600. The number of rotatable bonds is 8. The van der Waals surface area contributed by atoms with E-state index in [4.69, 9.17) is 11.6 Å². The number of halogens is 1. The van der Waals surface area contributed by atoms with Gasteiger partial charge in [-0.3, -0.25) is 0 Å². The van der Waals surface area contributed by atoms with Gasteiger partial charge in [-0.25, -0.2) is 0 Å². The molecule has 0 aromatic heterocycles. The molecule has 3 heteroatoms. The number of thioether (sulfide) groups is 1. The van der Waals surface area contributed by atoms with E-state index >= 15 is 0 Å². The van der Waals surface area contributed by atoms with E-state index in [2.05, 4.69) is 25.4 Å². The quantitative estimate of drug-likeness (QED) is 0.501. The van der Waals surface area contributed by atoms with E-state index in [0.29, 0.717) is 0 Å². The van der Waals surface area contributed by atoms with E-state index in [9.17, 15) is 0 Å². The van der Waals surface area contributed by atoms with Crippen LogP contribution in [0.15, 0.2) is 0 Å². The fourth-order valence-corrected chi connectivity index (χ4v) is 2.21. The molecule has 0 saturated heterocycles. The van der Waals surface area contributed by atoms with Crippen LogP contribution in [0.25, 0.3) is 0 Å². The second-order valence-corrected chi connectivity index (χ2v) is 4.65. The zero-order valence-corrected chi connectivity index (χ0v) is 10.6. The van der Waals surface area contributed by atoms with E-state index in [0.717, 1.165) is 25.3 Å². The highest BCUT2D eigenvalue weighted by Crippen LogP contribution is 2.16. The molecule has 0 saturated carbocycles. The molecule has 0 atom stereocenters. The van der Waals surface area contributed by atoms with Crippen molar-refractivity contribution in [3.05, 3.63) is 0 Å². The summed E-state index contributed by atoms with van der Waals surface area (Å²) in [4.78, 5) is 0. The normalized spacial score (nSPS) is 12.0. The summed E-state index contributed by atoms with van der Waals surface area (Å²) >= 11 is 7.87. The smallest absolute Gasteiger partial charge is 0.0405 e. The van der Waals surface area contributed by atoms with Crippen LogP contribution >= 0.6 is 23.4 Å². The van der Waals surface area contributed by atoms with Gasteiger partial charge in [-0.1, -0.05) is 13.8 Å². The lowest BCUT2D eigenvalue weighted by molar-refractivity contribution is 0.338. The van der Waals surface area contributed by atoms with Crippen LogP contribution in [0.1, 0.15) is 33.1 Å². The second kappa shape index (κ2) is 7.95. The molecule has 1 N–H and O–H groups in total. The summed E-state index contributed by atoms with van der Waals surface area (Å²) in [5, 5.41) is 3.57. The van der Waals surface area contributed by atoms with Crippen LogP contribution in [0.5, 0.6) is 0 Å². The van der Waals surface area contributed by atoms with Crippen LogP contribution in [0, 0.1) is 0 Å². The molecule has 80 valence electrons. The molecule has 0 radical (unpaired) electrons. The Balaban J connectivity index is 3.68. The molecule has 0 aliphatic heterocycles. The molecule has 0 fully saturated rings. The van der Waals surface area contributed by atoms with Crippen molar-refractivity contribution in [1.29, 1.82) is 0 Å². The van der Waals surface area contributed by atoms with Crippen LogP contribution in [0.4, 0.5) is 0 Å². The highest BCUT2D eigenvalue weighted by atomic mass is 35.5. The van der Waals surface area contributed by atoms with Gasteiger partial charge in [-0.15, -0.1) is 11.6 Å². The van der Waals surface area contributed by atoms with Crippen LogP contribution in [-0.2, 0) is 0 Å². The van der Waals surface area contributed by atoms with Gasteiger partial charge in [0.25, 0.3) is 0 Å². The summed E-state index contributed by atoms with van der Waals surface area (Å²) < 4.78 is 0. The van der Waals surface area contributed by atoms with E-state index in [-0.39, 0.29) is 5.54 Å². The van der Waals surface area contributed by atoms with Crippen LogP contribution in [-0.4, -0.2) is 30.0 Å². The van der Waals surface area contributed by atoms with Gasteiger partial charge in [0, 0.05) is 11.4 Å². The molecule has 0 aromatic rings. The summed E-state index contributed by atoms with van der Waals surface area (Å²) in [6, 6.07) is 0. The maximum absolute atomic E-state index is 5.97. The molecule has 0 aliphatic rings. The Morgan fingerprint density at radius 3 is 2.31 bits per heavy atom. The van der Waals surface area contributed by atoms with E-state index in [1.54, 1.807) is 0 Å². The van der Waals surface area contributed by atoms with E-state index < -0.39 is 0 Å². The van der Waals surface area contributed by atoms with Gasteiger partial charge >= 0.3 is 0 Å². The third-order valence-electron chi connectivity index (χ3n) is 2.63. The van der Waals surface area contributed by atoms with Crippen molar-refractivity contribution in [2.75, 3.05) is 24.4 Å². The summed E-state index contributed by atoms with van der Waals surface area (Å²) in [5.74, 6) is 1.96. The fourth-order valence-electron chi connectivity index (χ4n) is 1.31. The lowest BCUT2D eigenvalue weighted by Gasteiger charge is -2.30. The average molecular weight is 224 g/mol. The standard InChI is InChI=1S/C10H22ClNS/c1-4-10(5-2,9-11)12-7-6-8-13-3/h12H,4-9H2,1-3H3. The predicted molar refractivity (Wildman–Crippen MR) is 65.0 cm³/mol. The summed E-state index contributed by atoms with van der Waals surface area (Å²) in [5.41, 5.74) is 0.181. The molecule has 1 nitrogen and oxygen atoms in total. The van der Waals surface area contributed by atoms with Gasteiger partial charge in [-0.2, -0.15) is 11.8 Å². The summed E-state index contributed by atoms with van der Waals surface area (Å²) in [6.07, 6.45) is 5.62. The van der Waals surface area contributed by atoms with Gasteiger partial charge in [0.1, 0.15) is 0 Å². The zero-order chi connectivity index (χ0) is 10.2. The van der Waals surface area contributed by atoms with Crippen molar-refractivity contribution < 1.29 is 0 Å². The molecule has 0 rings (SSSR count). The molecule has 0 aromatic carbocycles. The molecular formula is C10H22ClNS. The minimum atomic E-state index is 0.181. The number of hydrogen-bond donors (Lipinski definition) is 1. The molecule has 0 heterocycles. The lowest BCUT2D eigenvalue weighted by atomic mass is 9.95. The predicted octanol–water partition coefficient (Wildman–Crippen LogP) is 3.13. The molecule has 0 amide bonds. The first kappa shape index (κ1) is 13.6. The first-order chi connectivity index (χ1) is 6.24. The fraction of sp³-hybridized carbons (Fsp3) is 1.00. The molecule has 0 spiro atoms. The molecule has 0 bridgehead atoms. The van der Waals surface area contributed by atoms with Crippen molar-refractivity contribution >= 4 is 23.4 Å². The first-order valence-electron chi connectivity index (χ1n) is 5.04. The Kier molecular flexibility index (Phi) is 8.32. The molecule has 0 aliphatic carbocycles. The third-order valence-corrected chi connectivity index (χ3v) is 3.84. The van der Waals surface area contributed by atoms with Gasteiger partial charge in [0.05, 0.1) is 0 Å². The number of hydrogen-bond acceptors (Lipinski definition) is 2. The van der Waals surface area contributed by atoms with Crippen molar-refractivity contribution in [1.82, 2.24) is 5.32 Å². The van der Waals surface area contributed by atoms with Gasteiger partial charge < -0.3 is 5.32 Å². The van der Waals surface area contributed by atoms with Crippen LogP contribution in [0.2, 0.25) is 0 Å². The van der Waals surface area contributed by atoms with Crippen molar-refractivity contribution in [2.45, 2.75) is 38.6 Å². The lowest BCUT2D eigenvalue weighted by Crippen LogP contribution is -2.46. The third kappa shape index (κ3) is 5.14. The van der Waals surface area contributed by atoms with E-state index in [1.807, 2.05) is 11.8 Å². The monoisotopic (exact) mass is 223 g/mol. The zero-order valence-electron chi connectivity index (χ0n) is 9.03. The Bertz CT molecular complexity index is 107. The molecule has 13 heavy (non-hydrogen) atoms. The Labute approximate surface area is 92.0 Å². The van der Waals surface area contributed by atoms with Crippen molar-refractivity contribution in [2.24, 2.45) is 0 Å². The van der Waals surface area contributed by atoms with Crippen LogP contribution < -0.4 is 5.32 Å². The van der Waals surface area contributed by atoms with Crippen molar-refractivity contribution in [3.8, 4) is 0 Å². The SMILES string of the molecule is CCC(CC)(CCl)NCCCSC. The Morgan fingerprint density at radius 1 is 1.31 bits per heavy atom. The Morgan fingerprint density at radius 2 is 1.92 bits per heavy atom. The van der Waals surface area contributed by atoms with E-state index in [1.165, 1.54) is 12.2 Å². The first-order valence-corrected chi connectivity index (χ1v) is 6.97. The number of nitrogens with one attached hydrogen (secondary N) is 1. The number of alkyl halides is 1. The van der Waals surface area contributed by atoms with Crippen LogP contribution in [0.3, 0.4) is 0 Å². The summed E-state index contributed by atoms with van der Waals surface area (Å²) in [7, 11) is 0. The minimum absolute atomic E-state index is 0.181. The molecular weight excluding hydrogens is 202 g/mol. The largest absolute Gasteiger partial charge is 0.310 e. The maximum atomic E-state index is 5.97. The van der Waals surface area contributed by atoms with Gasteiger partial charge in [-0.05, 0) is 37.8 Å². The highest BCUT2D eigenvalue weighted by molar-refractivity contribution is 7.98. The second-order valence-electron chi connectivity index (χ2n) is 3.39. The topological polar surface area (TPSA) is 12.0 Å². The minimum Gasteiger partial charge on any atom is -0.310 e.